The van der Waals surface area contributed by atoms with Gasteiger partial charge in [0.25, 0.3) is 0 Å². The summed E-state index contributed by atoms with van der Waals surface area (Å²) in [5.41, 5.74) is 2.47. The average Bonchev–Trinajstić information content (AvgIpc) is 2.59. The smallest absolute Gasteiger partial charge is 0.191 e. The molecular formula is C20H29IN4. The van der Waals surface area contributed by atoms with E-state index in [0.29, 0.717) is 6.54 Å². The molecule has 0 radical (unpaired) electrons. The molecule has 0 saturated heterocycles. The van der Waals surface area contributed by atoms with Crippen LogP contribution in [0.15, 0.2) is 59.7 Å². The first-order valence-corrected chi connectivity index (χ1v) is 8.55. The number of aliphatic imine (C=N–C) groups is 1. The molecule has 1 aromatic carbocycles. The molecule has 2 rings (SSSR count). The molecule has 4 nitrogen and oxygen atoms in total. The van der Waals surface area contributed by atoms with Gasteiger partial charge in [0.15, 0.2) is 5.96 Å². The minimum atomic E-state index is 0. The van der Waals surface area contributed by atoms with E-state index < -0.39 is 0 Å². The Bertz CT molecular complexity index is 627. The van der Waals surface area contributed by atoms with E-state index in [2.05, 4.69) is 71.7 Å². The van der Waals surface area contributed by atoms with Crippen molar-refractivity contribution < 1.29 is 0 Å². The third-order valence-electron chi connectivity index (χ3n) is 3.73. The first-order valence-electron chi connectivity index (χ1n) is 8.55. The number of aromatic nitrogens is 1. The van der Waals surface area contributed by atoms with Gasteiger partial charge in [-0.2, -0.15) is 0 Å². The van der Waals surface area contributed by atoms with Gasteiger partial charge in [-0.1, -0.05) is 50.2 Å². The summed E-state index contributed by atoms with van der Waals surface area (Å²) < 4.78 is 0. The van der Waals surface area contributed by atoms with Crippen LogP contribution in [0.3, 0.4) is 0 Å². The Morgan fingerprint density at radius 1 is 1.04 bits per heavy atom. The third kappa shape index (κ3) is 8.34. The standard InChI is InChI=1S/C20H28N4.HI/c1-4-21-19(23-15-18-12-8-9-13-22-18)24-16-20(2,3)14-17-10-6-5-7-11-17;/h5-13H,4,14-16H2,1-3H3,(H2,21,23,24);1H. The van der Waals surface area contributed by atoms with Crippen LogP contribution in [0.2, 0.25) is 0 Å². The van der Waals surface area contributed by atoms with Gasteiger partial charge in [0.05, 0.1) is 12.2 Å². The van der Waals surface area contributed by atoms with Crippen molar-refractivity contribution >= 4 is 29.9 Å². The lowest BCUT2D eigenvalue weighted by Gasteiger charge is -2.26. The highest BCUT2D eigenvalue weighted by atomic mass is 127. The van der Waals surface area contributed by atoms with Crippen molar-refractivity contribution in [3.05, 3.63) is 66.0 Å². The summed E-state index contributed by atoms with van der Waals surface area (Å²) in [7, 11) is 0. The van der Waals surface area contributed by atoms with Crippen molar-refractivity contribution in [2.45, 2.75) is 33.7 Å². The van der Waals surface area contributed by atoms with Crippen molar-refractivity contribution in [1.82, 2.24) is 15.6 Å². The van der Waals surface area contributed by atoms with Gasteiger partial charge in [-0.25, -0.2) is 4.99 Å². The molecule has 0 aliphatic rings. The maximum Gasteiger partial charge on any atom is 0.191 e. The van der Waals surface area contributed by atoms with Crippen molar-refractivity contribution in [2.24, 2.45) is 10.4 Å². The summed E-state index contributed by atoms with van der Waals surface area (Å²) >= 11 is 0. The Hall–Kier alpha value is -1.63. The summed E-state index contributed by atoms with van der Waals surface area (Å²) in [5, 5.41) is 6.76. The molecule has 0 aliphatic carbocycles. The normalized spacial score (nSPS) is 11.6. The van der Waals surface area contributed by atoms with E-state index in [1.54, 1.807) is 6.20 Å². The lowest BCUT2D eigenvalue weighted by molar-refractivity contribution is 0.359. The predicted octanol–water partition coefficient (Wildman–Crippen LogP) is 4.02. The number of rotatable bonds is 7. The Labute approximate surface area is 168 Å². The number of nitrogens with zero attached hydrogens (tertiary/aromatic N) is 2. The maximum atomic E-state index is 4.63. The quantitative estimate of drug-likeness (QED) is 0.379. The summed E-state index contributed by atoms with van der Waals surface area (Å²) in [6.45, 7) is 8.90. The van der Waals surface area contributed by atoms with Gasteiger partial charge in [-0.05, 0) is 36.5 Å². The van der Waals surface area contributed by atoms with Gasteiger partial charge in [-0.3, -0.25) is 4.98 Å². The zero-order valence-electron chi connectivity index (χ0n) is 15.3. The largest absolute Gasteiger partial charge is 0.357 e. The monoisotopic (exact) mass is 452 g/mol. The zero-order valence-corrected chi connectivity index (χ0v) is 17.7. The molecule has 0 fully saturated rings. The van der Waals surface area contributed by atoms with E-state index >= 15 is 0 Å². The molecule has 2 aromatic rings. The highest BCUT2D eigenvalue weighted by Gasteiger charge is 2.18. The average molecular weight is 452 g/mol. The molecule has 0 spiro atoms. The van der Waals surface area contributed by atoms with Crippen molar-refractivity contribution in [2.75, 3.05) is 13.1 Å². The van der Waals surface area contributed by atoms with E-state index in [-0.39, 0.29) is 29.4 Å². The number of pyridine rings is 1. The van der Waals surface area contributed by atoms with Crippen LogP contribution >= 0.6 is 24.0 Å². The maximum absolute atomic E-state index is 4.63. The molecule has 2 N–H and O–H groups in total. The molecule has 1 aromatic heterocycles. The van der Waals surface area contributed by atoms with Crippen molar-refractivity contribution in [3.63, 3.8) is 0 Å². The fourth-order valence-electron chi connectivity index (χ4n) is 2.53. The molecule has 0 saturated carbocycles. The van der Waals surface area contributed by atoms with Crippen LogP contribution in [0.4, 0.5) is 0 Å². The molecule has 25 heavy (non-hydrogen) atoms. The van der Waals surface area contributed by atoms with E-state index in [1.807, 2.05) is 18.2 Å². The van der Waals surface area contributed by atoms with Crippen molar-refractivity contribution in [3.8, 4) is 0 Å². The van der Waals surface area contributed by atoms with E-state index in [1.165, 1.54) is 5.56 Å². The Kier molecular flexibility index (Phi) is 9.49. The molecule has 0 amide bonds. The second-order valence-corrected chi connectivity index (χ2v) is 6.70. The highest BCUT2D eigenvalue weighted by molar-refractivity contribution is 14.0. The lowest BCUT2D eigenvalue weighted by atomic mass is 9.86. The number of guanidine groups is 1. The first-order chi connectivity index (χ1) is 11.6. The number of halogens is 1. The molecule has 0 aliphatic heterocycles. The minimum absolute atomic E-state index is 0. The molecule has 136 valence electrons. The molecule has 0 atom stereocenters. The fourth-order valence-corrected chi connectivity index (χ4v) is 2.53. The minimum Gasteiger partial charge on any atom is -0.357 e. The molecule has 0 bridgehead atoms. The number of nitrogens with one attached hydrogen (secondary N) is 2. The van der Waals surface area contributed by atoms with E-state index in [0.717, 1.165) is 31.2 Å². The van der Waals surface area contributed by atoms with Gasteiger partial charge in [0.1, 0.15) is 0 Å². The molecule has 5 heteroatoms. The van der Waals surface area contributed by atoms with Crippen LogP contribution in [0.5, 0.6) is 0 Å². The lowest BCUT2D eigenvalue weighted by Crippen LogP contribution is -2.42. The second kappa shape index (κ2) is 11.1. The Morgan fingerprint density at radius 2 is 1.76 bits per heavy atom. The summed E-state index contributed by atoms with van der Waals surface area (Å²) in [6.07, 6.45) is 2.83. The van der Waals surface area contributed by atoms with Crippen LogP contribution in [-0.4, -0.2) is 24.0 Å². The number of benzene rings is 1. The highest BCUT2D eigenvalue weighted by Crippen LogP contribution is 2.20. The van der Waals surface area contributed by atoms with Crippen LogP contribution in [0.1, 0.15) is 32.0 Å². The number of hydrogen-bond acceptors (Lipinski definition) is 2. The van der Waals surface area contributed by atoms with Gasteiger partial charge in [-0.15, -0.1) is 24.0 Å². The van der Waals surface area contributed by atoms with Gasteiger partial charge < -0.3 is 10.6 Å². The molecule has 0 unspecified atom stereocenters. The zero-order chi connectivity index (χ0) is 17.3. The fraction of sp³-hybridized carbons (Fsp3) is 0.400. The topological polar surface area (TPSA) is 49.3 Å². The van der Waals surface area contributed by atoms with Crippen molar-refractivity contribution in [1.29, 1.82) is 0 Å². The van der Waals surface area contributed by atoms with E-state index in [9.17, 15) is 0 Å². The second-order valence-electron chi connectivity index (χ2n) is 6.70. The summed E-state index contributed by atoms with van der Waals surface area (Å²) in [5.74, 6) is 0.837. The summed E-state index contributed by atoms with van der Waals surface area (Å²) in [4.78, 5) is 8.94. The first kappa shape index (κ1) is 21.4. The summed E-state index contributed by atoms with van der Waals surface area (Å²) in [6, 6.07) is 16.5. The molecular weight excluding hydrogens is 423 g/mol. The Morgan fingerprint density at radius 3 is 2.40 bits per heavy atom. The van der Waals surface area contributed by atoms with Crippen LogP contribution in [0, 0.1) is 5.41 Å². The van der Waals surface area contributed by atoms with Gasteiger partial charge in [0, 0.05) is 19.3 Å². The predicted molar refractivity (Wildman–Crippen MR) is 116 cm³/mol. The van der Waals surface area contributed by atoms with E-state index in [4.69, 9.17) is 0 Å². The molecule has 1 heterocycles. The third-order valence-corrected chi connectivity index (χ3v) is 3.73. The SMILES string of the molecule is CCNC(=NCc1ccccn1)NCC(C)(C)Cc1ccccc1.I. The van der Waals surface area contributed by atoms with Gasteiger partial charge in [0.2, 0.25) is 0 Å². The Balaban J connectivity index is 0.00000312. The van der Waals surface area contributed by atoms with Crippen LogP contribution < -0.4 is 10.6 Å². The van der Waals surface area contributed by atoms with Crippen LogP contribution in [0.25, 0.3) is 0 Å². The van der Waals surface area contributed by atoms with Gasteiger partial charge >= 0.3 is 0 Å². The van der Waals surface area contributed by atoms with Crippen LogP contribution in [-0.2, 0) is 13.0 Å². The number of hydrogen-bond donors (Lipinski definition) is 2.